The number of piperidine rings is 1. The molecule has 0 atom stereocenters. The number of phenolic OH excluding ortho intramolecular Hbond substituents is 1. The summed E-state index contributed by atoms with van der Waals surface area (Å²) in [6.45, 7) is 2.79. The van der Waals surface area contributed by atoms with Gasteiger partial charge in [-0.05, 0) is 61.7 Å². The van der Waals surface area contributed by atoms with Crippen LogP contribution >= 0.6 is 11.6 Å². The van der Waals surface area contributed by atoms with E-state index in [4.69, 9.17) is 11.6 Å². The molecule has 1 fully saturated rings. The molecule has 3 heterocycles. The zero-order valence-electron chi connectivity index (χ0n) is 14.3. The largest absolute Gasteiger partial charge is 0.508 e. The maximum absolute atomic E-state index is 9.66. The van der Waals surface area contributed by atoms with E-state index in [0.717, 1.165) is 38.2 Å². The van der Waals surface area contributed by atoms with Crippen molar-refractivity contribution in [2.75, 3.05) is 13.1 Å². The summed E-state index contributed by atoms with van der Waals surface area (Å²) in [5.41, 5.74) is 2.15. The lowest BCUT2D eigenvalue weighted by molar-refractivity contribution is 0.202. The van der Waals surface area contributed by atoms with Gasteiger partial charge in [-0.15, -0.1) is 5.10 Å². The van der Waals surface area contributed by atoms with Crippen molar-refractivity contribution < 1.29 is 5.11 Å². The Labute approximate surface area is 157 Å². The van der Waals surface area contributed by atoms with Gasteiger partial charge < -0.3 is 5.11 Å². The molecule has 1 aliphatic rings. The van der Waals surface area contributed by atoms with E-state index in [1.807, 2.05) is 24.4 Å². The SMILES string of the molecule is Oc1cccc(C2CCN(Cc3cn(-c4ccc(Cl)cn4)nn3)CC2)c1. The van der Waals surface area contributed by atoms with Crippen LogP contribution in [0.4, 0.5) is 0 Å². The Balaban J connectivity index is 1.35. The minimum absolute atomic E-state index is 0.345. The van der Waals surface area contributed by atoms with Crippen molar-refractivity contribution in [2.24, 2.45) is 0 Å². The summed E-state index contributed by atoms with van der Waals surface area (Å²) in [6, 6.07) is 11.2. The van der Waals surface area contributed by atoms with Crippen LogP contribution in [0.25, 0.3) is 5.82 Å². The minimum Gasteiger partial charge on any atom is -0.508 e. The van der Waals surface area contributed by atoms with Crippen LogP contribution in [0.5, 0.6) is 5.75 Å². The number of likely N-dealkylation sites (tertiary alicyclic amines) is 1. The van der Waals surface area contributed by atoms with Crippen LogP contribution in [0, 0.1) is 0 Å². The van der Waals surface area contributed by atoms with Crippen LogP contribution < -0.4 is 0 Å². The van der Waals surface area contributed by atoms with Crippen LogP contribution in [-0.4, -0.2) is 43.1 Å². The van der Waals surface area contributed by atoms with Gasteiger partial charge in [-0.2, -0.15) is 0 Å². The lowest BCUT2D eigenvalue weighted by Gasteiger charge is -2.31. The number of halogens is 1. The Hall–Kier alpha value is -2.44. The predicted octanol–water partition coefficient (Wildman–Crippen LogP) is 3.40. The molecule has 1 saturated heterocycles. The number of aromatic hydroxyl groups is 1. The highest BCUT2D eigenvalue weighted by Gasteiger charge is 2.21. The molecule has 4 rings (SSSR count). The molecule has 3 aromatic rings. The molecule has 1 aliphatic heterocycles. The van der Waals surface area contributed by atoms with Crippen molar-refractivity contribution in [1.29, 1.82) is 0 Å². The Morgan fingerprint density at radius 1 is 1.15 bits per heavy atom. The summed E-state index contributed by atoms with van der Waals surface area (Å²) >= 11 is 5.87. The minimum atomic E-state index is 0.345. The van der Waals surface area contributed by atoms with Crippen molar-refractivity contribution in [1.82, 2.24) is 24.9 Å². The molecule has 6 nitrogen and oxygen atoms in total. The second kappa shape index (κ2) is 7.43. The number of nitrogens with zero attached hydrogens (tertiary/aromatic N) is 5. The van der Waals surface area contributed by atoms with Gasteiger partial charge in [-0.1, -0.05) is 28.9 Å². The molecular weight excluding hydrogens is 350 g/mol. The molecule has 0 amide bonds. The first-order valence-electron chi connectivity index (χ1n) is 8.72. The summed E-state index contributed by atoms with van der Waals surface area (Å²) in [4.78, 5) is 6.65. The zero-order valence-corrected chi connectivity index (χ0v) is 15.0. The molecule has 0 spiro atoms. The lowest BCUT2D eigenvalue weighted by atomic mass is 9.89. The second-order valence-electron chi connectivity index (χ2n) is 6.63. The number of hydrogen-bond acceptors (Lipinski definition) is 5. The molecule has 0 radical (unpaired) electrons. The zero-order chi connectivity index (χ0) is 17.9. The summed E-state index contributed by atoms with van der Waals surface area (Å²) in [7, 11) is 0. The smallest absolute Gasteiger partial charge is 0.155 e. The van der Waals surface area contributed by atoms with Crippen molar-refractivity contribution >= 4 is 11.6 Å². The van der Waals surface area contributed by atoms with Gasteiger partial charge in [-0.3, -0.25) is 4.90 Å². The molecule has 1 aromatic carbocycles. The number of benzene rings is 1. The van der Waals surface area contributed by atoms with Gasteiger partial charge in [0.05, 0.1) is 16.9 Å². The monoisotopic (exact) mass is 369 g/mol. The van der Waals surface area contributed by atoms with Crippen LogP contribution in [0.15, 0.2) is 48.8 Å². The molecule has 0 saturated carbocycles. The molecule has 0 unspecified atom stereocenters. The number of hydrogen-bond donors (Lipinski definition) is 1. The van der Waals surface area contributed by atoms with Gasteiger partial charge >= 0.3 is 0 Å². The Morgan fingerprint density at radius 2 is 2.00 bits per heavy atom. The number of aromatic nitrogens is 4. The van der Waals surface area contributed by atoms with Crippen LogP contribution in [0.3, 0.4) is 0 Å². The van der Waals surface area contributed by atoms with E-state index < -0.39 is 0 Å². The fraction of sp³-hybridized carbons (Fsp3) is 0.316. The normalized spacial score (nSPS) is 16.0. The van der Waals surface area contributed by atoms with E-state index in [2.05, 4.69) is 26.3 Å². The fourth-order valence-corrected chi connectivity index (χ4v) is 3.53. The molecule has 26 heavy (non-hydrogen) atoms. The highest BCUT2D eigenvalue weighted by atomic mass is 35.5. The predicted molar refractivity (Wildman–Crippen MR) is 99.5 cm³/mol. The maximum Gasteiger partial charge on any atom is 0.155 e. The number of phenols is 1. The van der Waals surface area contributed by atoms with E-state index in [-0.39, 0.29) is 0 Å². The van der Waals surface area contributed by atoms with E-state index in [1.54, 1.807) is 23.0 Å². The van der Waals surface area contributed by atoms with Gasteiger partial charge in [-0.25, -0.2) is 9.67 Å². The fourth-order valence-electron chi connectivity index (χ4n) is 3.42. The molecule has 1 N–H and O–H groups in total. The van der Waals surface area contributed by atoms with E-state index >= 15 is 0 Å². The van der Waals surface area contributed by atoms with E-state index in [9.17, 15) is 5.11 Å². The van der Waals surface area contributed by atoms with Crippen LogP contribution in [0.2, 0.25) is 5.02 Å². The van der Waals surface area contributed by atoms with Crippen molar-refractivity contribution in [3.8, 4) is 11.6 Å². The third-order valence-corrected chi connectivity index (χ3v) is 5.03. The average molecular weight is 370 g/mol. The van der Waals surface area contributed by atoms with Crippen LogP contribution in [-0.2, 0) is 6.54 Å². The van der Waals surface area contributed by atoms with Gasteiger partial charge in [0.1, 0.15) is 5.75 Å². The second-order valence-corrected chi connectivity index (χ2v) is 7.07. The molecular formula is C19H20ClN5O. The van der Waals surface area contributed by atoms with Crippen LogP contribution in [0.1, 0.15) is 30.0 Å². The molecule has 0 aliphatic carbocycles. The standard InChI is InChI=1S/C19H20ClN5O/c20-16-4-5-19(21-11-16)25-13-17(22-23-25)12-24-8-6-14(7-9-24)15-2-1-3-18(26)10-15/h1-5,10-11,13-14,26H,6-9,12H2. The molecule has 0 bridgehead atoms. The number of rotatable bonds is 4. The highest BCUT2D eigenvalue weighted by Crippen LogP contribution is 2.30. The summed E-state index contributed by atoms with van der Waals surface area (Å²) in [5.74, 6) is 1.56. The highest BCUT2D eigenvalue weighted by molar-refractivity contribution is 6.30. The average Bonchev–Trinajstić information content (AvgIpc) is 3.11. The first-order chi connectivity index (χ1) is 12.7. The molecule has 134 valence electrons. The third kappa shape index (κ3) is 3.86. The third-order valence-electron chi connectivity index (χ3n) is 4.80. The maximum atomic E-state index is 9.66. The van der Waals surface area contributed by atoms with Crippen molar-refractivity contribution in [2.45, 2.75) is 25.3 Å². The Morgan fingerprint density at radius 3 is 2.73 bits per heavy atom. The van der Waals surface area contributed by atoms with E-state index in [1.165, 1.54) is 5.56 Å². The first-order valence-corrected chi connectivity index (χ1v) is 9.09. The summed E-state index contributed by atoms with van der Waals surface area (Å²) in [5, 5.41) is 18.7. The number of pyridine rings is 1. The van der Waals surface area contributed by atoms with Gasteiger partial charge in [0.25, 0.3) is 0 Å². The summed E-state index contributed by atoms with van der Waals surface area (Å²) in [6.07, 6.45) is 5.68. The molecule has 7 heteroatoms. The van der Waals surface area contributed by atoms with Crippen molar-refractivity contribution in [3.63, 3.8) is 0 Å². The van der Waals surface area contributed by atoms with Gasteiger partial charge in [0.2, 0.25) is 0 Å². The Bertz CT molecular complexity index is 872. The first kappa shape index (κ1) is 17.0. The van der Waals surface area contributed by atoms with Crippen molar-refractivity contribution in [3.05, 3.63) is 65.1 Å². The van der Waals surface area contributed by atoms with E-state index in [0.29, 0.717) is 22.5 Å². The van der Waals surface area contributed by atoms with Gasteiger partial charge in [0.15, 0.2) is 5.82 Å². The van der Waals surface area contributed by atoms with Gasteiger partial charge in [0, 0.05) is 12.7 Å². The molecule has 2 aromatic heterocycles. The quantitative estimate of drug-likeness (QED) is 0.763. The Kier molecular flexibility index (Phi) is 4.86. The summed E-state index contributed by atoms with van der Waals surface area (Å²) < 4.78 is 1.67. The topological polar surface area (TPSA) is 67.1 Å². The lowest BCUT2D eigenvalue weighted by Crippen LogP contribution is -2.32.